The van der Waals surface area contributed by atoms with Gasteiger partial charge in [0.15, 0.2) is 5.43 Å². The number of hydrogen-bond donors (Lipinski definition) is 2. The summed E-state index contributed by atoms with van der Waals surface area (Å²) >= 11 is 0. The van der Waals surface area contributed by atoms with Gasteiger partial charge >= 0.3 is 12.0 Å². The Morgan fingerprint density at radius 2 is 1.92 bits per heavy atom. The second kappa shape index (κ2) is 5.16. The van der Waals surface area contributed by atoms with Crippen LogP contribution >= 0.6 is 0 Å². The molecule has 2 heterocycles. The molecule has 0 atom stereocenters. The van der Waals surface area contributed by atoms with Gasteiger partial charge in [0.2, 0.25) is 11.7 Å². The normalized spacial score (nSPS) is 14.9. The number of carboxylic acid groups (broad SMARTS) is 1. The number of sulfonamides is 1. The number of hydrogen-bond acceptors (Lipinski definition) is 7. The highest BCUT2D eigenvalue weighted by Gasteiger charge is 2.37. The van der Waals surface area contributed by atoms with E-state index in [0.717, 1.165) is 18.2 Å². The molecule has 0 radical (unpaired) electrons. The second-order valence-electron chi connectivity index (χ2n) is 4.80. The van der Waals surface area contributed by atoms with E-state index in [0.29, 0.717) is 10.4 Å². The number of urea groups is 1. The Balaban J connectivity index is 2.15. The molecule has 11 heteroatoms. The molecule has 3 amide bonds. The van der Waals surface area contributed by atoms with Crippen LogP contribution in [0.5, 0.6) is 0 Å². The molecule has 0 spiro atoms. The van der Waals surface area contributed by atoms with Gasteiger partial charge in [0, 0.05) is 6.07 Å². The molecule has 24 heavy (non-hydrogen) atoms. The summed E-state index contributed by atoms with van der Waals surface area (Å²) in [6, 6.07) is 2.73. The lowest BCUT2D eigenvalue weighted by Gasteiger charge is -2.14. The predicted octanol–water partition coefficient (Wildman–Crippen LogP) is -0.268. The van der Waals surface area contributed by atoms with Gasteiger partial charge in [0.05, 0.1) is 10.3 Å². The number of carbonyl (C=O) groups is 3. The first-order valence-corrected chi connectivity index (χ1v) is 7.82. The Hall–Kier alpha value is -3.21. The minimum absolute atomic E-state index is 0.124. The van der Waals surface area contributed by atoms with Crippen LogP contribution in [-0.4, -0.2) is 42.3 Å². The number of fused-ring (bicyclic) bond motifs is 1. The van der Waals surface area contributed by atoms with E-state index in [1.165, 1.54) is 0 Å². The van der Waals surface area contributed by atoms with Gasteiger partial charge in [-0.3, -0.25) is 14.9 Å². The summed E-state index contributed by atoms with van der Waals surface area (Å²) in [5.74, 6) is -2.81. The fraction of sp³-hybridized carbons (Fsp3) is 0.0769. The maximum Gasteiger partial charge on any atom is 0.371 e. The quantitative estimate of drug-likeness (QED) is 0.716. The third-order valence-electron chi connectivity index (χ3n) is 3.26. The first-order valence-electron chi connectivity index (χ1n) is 6.38. The summed E-state index contributed by atoms with van der Waals surface area (Å²) < 4.78 is 30.1. The Labute approximate surface area is 133 Å². The first kappa shape index (κ1) is 15.7. The number of nitrogens with zero attached hydrogens (tertiary/aromatic N) is 1. The first-order chi connectivity index (χ1) is 11.2. The molecule has 1 aromatic carbocycles. The van der Waals surface area contributed by atoms with Crippen molar-refractivity contribution in [3.8, 4) is 0 Å². The van der Waals surface area contributed by atoms with Crippen LogP contribution in [0.2, 0.25) is 0 Å². The van der Waals surface area contributed by atoms with Crippen molar-refractivity contribution in [1.29, 1.82) is 0 Å². The third kappa shape index (κ3) is 2.40. The lowest BCUT2D eigenvalue weighted by atomic mass is 10.2. The van der Waals surface area contributed by atoms with Crippen LogP contribution in [0.3, 0.4) is 0 Å². The SMILES string of the molecule is O=C1CN(S(=O)(=O)c2ccc3oc(C(=O)O)cc(=O)c3c2)C(=O)N1. The summed E-state index contributed by atoms with van der Waals surface area (Å²) in [5.41, 5.74) is -0.881. The monoisotopic (exact) mass is 352 g/mol. The van der Waals surface area contributed by atoms with Crippen molar-refractivity contribution in [2.45, 2.75) is 4.90 Å². The highest BCUT2D eigenvalue weighted by molar-refractivity contribution is 7.89. The summed E-state index contributed by atoms with van der Waals surface area (Å²) in [6.07, 6.45) is 0. The second-order valence-corrected chi connectivity index (χ2v) is 6.67. The molecule has 1 fully saturated rings. The highest BCUT2D eigenvalue weighted by Crippen LogP contribution is 2.22. The van der Waals surface area contributed by atoms with Gasteiger partial charge in [-0.05, 0) is 18.2 Å². The number of carboxylic acids is 1. The minimum Gasteiger partial charge on any atom is -0.475 e. The van der Waals surface area contributed by atoms with Gasteiger partial charge in [-0.2, -0.15) is 0 Å². The maximum atomic E-state index is 12.4. The number of aromatic carboxylic acids is 1. The maximum absolute atomic E-state index is 12.4. The van der Waals surface area contributed by atoms with Gasteiger partial charge in [0.25, 0.3) is 10.0 Å². The molecule has 0 aliphatic carbocycles. The molecule has 1 saturated heterocycles. The standard InChI is InChI=1S/C13H8N2O8S/c16-8-4-10(12(18)19)23-9-2-1-6(3-7(8)9)24(21,22)15-5-11(17)14-13(15)20/h1-4H,5H2,(H,18,19)(H,14,17,20). The summed E-state index contributed by atoms with van der Waals surface area (Å²) in [7, 11) is -4.35. The smallest absolute Gasteiger partial charge is 0.371 e. The fourth-order valence-electron chi connectivity index (χ4n) is 2.15. The van der Waals surface area contributed by atoms with Crippen LogP contribution in [0.25, 0.3) is 11.0 Å². The van der Waals surface area contributed by atoms with Crippen molar-refractivity contribution >= 4 is 38.9 Å². The van der Waals surface area contributed by atoms with E-state index in [2.05, 4.69) is 0 Å². The number of carbonyl (C=O) groups excluding carboxylic acids is 2. The minimum atomic E-state index is -4.35. The van der Waals surface area contributed by atoms with Crippen molar-refractivity contribution in [3.63, 3.8) is 0 Å². The number of benzene rings is 1. The van der Waals surface area contributed by atoms with Crippen LogP contribution < -0.4 is 10.7 Å². The summed E-state index contributed by atoms with van der Waals surface area (Å²) in [4.78, 5) is 45.1. The fourth-order valence-corrected chi connectivity index (χ4v) is 3.46. The van der Waals surface area contributed by atoms with Crippen LogP contribution in [-0.2, 0) is 14.8 Å². The molecule has 0 saturated carbocycles. The molecular weight excluding hydrogens is 344 g/mol. The van der Waals surface area contributed by atoms with Gasteiger partial charge < -0.3 is 9.52 Å². The lowest BCUT2D eigenvalue weighted by Crippen LogP contribution is -2.34. The molecule has 1 aliphatic rings. The molecule has 1 aliphatic heterocycles. The molecule has 1 aromatic heterocycles. The molecule has 3 rings (SSSR count). The number of imide groups is 1. The average molecular weight is 352 g/mol. The third-order valence-corrected chi connectivity index (χ3v) is 4.98. The lowest BCUT2D eigenvalue weighted by molar-refractivity contribution is -0.118. The number of rotatable bonds is 3. The van der Waals surface area contributed by atoms with Crippen molar-refractivity contribution < 1.29 is 32.3 Å². The molecule has 0 unspecified atom stereocenters. The van der Waals surface area contributed by atoms with E-state index in [-0.39, 0.29) is 11.0 Å². The van der Waals surface area contributed by atoms with Crippen LogP contribution in [0.4, 0.5) is 4.79 Å². The van der Waals surface area contributed by atoms with E-state index in [4.69, 9.17) is 9.52 Å². The van der Waals surface area contributed by atoms with E-state index in [9.17, 15) is 27.6 Å². The predicted molar refractivity (Wildman–Crippen MR) is 76.9 cm³/mol. The molecular formula is C13H8N2O8S. The largest absolute Gasteiger partial charge is 0.475 e. The summed E-state index contributed by atoms with van der Waals surface area (Å²) in [6.45, 7) is -0.661. The Morgan fingerprint density at radius 3 is 2.50 bits per heavy atom. The molecule has 124 valence electrons. The van der Waals surface area contributed by atoms with Crippen molar-refractivity contribution in [3.05, 3.63) is 40.2 Å². The van der Waals surface area contributed by atoms with Crippen molar-refractivity contribution in [1.82, 2.24) is 9.62 Å². The molecule has 0 bridgehead atoms. The zero-order valence-corrected chi connectivity index (χ0v) is 12.5. The summed E-state index contributed by atoms with van der Waals surface area (Å²) in [5, 5.41) is 10.5. The van der Waals surface area contributed by atoms with E-state index < -0.39 is 50.6 Å². The Kier molecular flexibility index (Phi) is 3.37. The Morgan fingerprint density at radius 1 is 1.21 bits per heavy atom. The molecule has 2 aromatic rings. The average Bonchev–Trinajstić information content (AvgIpc) is 2.86. The zero-order chi connectivity index (χ0) is 17.6. The van der Waals surface area contributed by atoms with Crippen LogP contribution in [0, 0.1) is 0 Å². The Bertz CT molecular complexity index is 1070. The van der Waals surface area contributed by atoms with Gasteiger partial charge in [0.1, 0.15) is 12.1 Å². The van der Waals surface area contributed by atoms with Gasteiger partial charge in [-0.15, -0.1) is 0 Å². The molecule has 10 nitrogen and oxygen atoms in total. The highest BCUT2D eigenvalue weighted by atomic mass is 32.2. The van der Waals surface area contributed by atoms with E-state index in [1.54, 1.807) is 0 Å². The van der Waals surface area contributed by atoms with Crippen LogP contribution in [0.15, 0.2) is 38.4 Å². The van der Waals surface area contributed by atoms with E-state index in [1.807, 2.05) is 5.32 Å². The number of nitrogens with one attached hydrogen (secondary N) is 1. The zero-order valence-electron chi connectivity index (χ0n) is 11.7. The van der Waals surface area contributed by atoms with Gasteiger partial charge in [-0.1, -0.05) is 0 Å². The van der Waals surface area contributed by atoms with Crippen LogP contribution in [0.1, 0.15) is 10.6 Å². The number of amides is 3. The molecule has 2 N–H and O–H groups in total. The van der Waals surface area contributed by atoms with Crippen molar-refractivity contribution in [2.24, 2.45) is 0 Å². The van der Waals surface area contributed by atoms with Gasteiger partial charge in [-0.25, -0.2) is 22.3 Å². The van der Waals surface area contributed by atoms with E-state index >= 15 is 0 Å². The topological polar surface area (TPSA) is 151 Å². The van der Waals surface area contributed by atoms with Crippen molar-refractivity contribution in [2.75, 3.05) is 6.54 Å².